The highest BCUT2D eigenvalue weighted by Gasteiger charge is 2.47. The summed E-state index contributed by atoms with van der Waals surface area (Å²) in [4.78, 5) is 39.8. The molecular formula is C27H35NO6S. The zero-order valence-electron chi connectivity index (χ0n) is 21.3. The number of hydrogen-bond acceptors (Lipinski definition) is 8. The molecule has 0 saturated carbocycles. The number of hydrogen-bond donors (Lipinski definition) is 1. The van der Waals surface area contributed by atoms with Gasteiger partial charge in [0.15, 0.2) is 5.78 Å². The fourth-order valence-corrected chi connectivity index (χ4v) is 5.25. The van der Waals surface area contributed by atoms with Crippen LogP contribution in [-0.2, 0) is 23.9 Å². The summed E-state index contributed by atoms with van der Waals surface area (Å²) in [6, 6.07) is 7.41. The molecule has 3 rings (SSSR count). The zero-order valence-corrected chi connectivity index (χ0v) is 22.1. The Morgan fingerprint density at radius 3 is 2.60 bits per heavy atom. The normalized spacial score (nSPS) is 22.0. The van der Waals surface area contributed by atoms with E-state index in [1.54, 1.807) is 11.8 Å². The van der Waals surface area contributed by atoms with Gasteiger partial charge in [-0.05, 0) is 44.9 Å². The lowest BCUT2D eigenvalue weighted by molar-refractivity contribution is -0.151. The Kier molecular flexibility index (Phi) is 9.05. The minimum atomic E-state index is -0.933. The largest absolute Gasteiger partial charge is 0.491 e. The minimum Gasteiger partial charge on any atom is -0.491 e. The number of ether oxygens (including phenoxy) is 3. The van der Waals surface area contributed by atoms with E-state index in [0.717, 1.165) is 11.4 Å². The molecule has 0 spiro atoms. The van der Waals surface area contributed by atoms with E-state index in [4.69, 9.17) is 14.2 Å². The van der Waals surface area contributed by atoms with Gasteiger partial charge in [-0.3, -0.25) is 9.59 Å². The van der Waals surface area contributed by atoms with Crippen LogP contribution < -0.4 is 10.1 Å². The lowest BCUT2D eigenvalue weighted by Gasteiger charge is -2.38. The molecule has 1 N–H and O–H groups in total. The topological polar surface area (TPSA) is 90.9 Å². The van der Waals surface area contributed by atoms with Crippen molar-refractivity contribution in [2.24, 2.45) is 11.8 Å². The third-order valence-electron chi connectivity index (χ3n) is 6.22. The first-order valence-corrected chi connectivity index (χ1v) is 13.2. The maximum absolute atomic E-state index is 13.8. The van der Waals surface area contributed by atoms with Gasteiger partial charge in [-0.25, -0.2) is 4.79 Å². The van der Waals surface area contributed by atoms with Crippen molar-refractivity contribution in [2.75, 3.05) is 25.2 Å². The molecule has 190 valence electrons. The fourth-order valence-electron chi connectivity index (χ4n) is 4.76. The number of ketones is 1. The van der Waals surface area contributed by atoms with Crippen LogP contribution in [0.5, 0.6) is 5.75 Å². The Morgan fingerprint density at radius 1 is 1.23 bits per heavy atom. The van der Waals surface area contributed by atoms with E-state index in [1.807, 2.05) is 58.9 Å². The Hall–Kier alpha value is -2.74. The highest BCUT2D eigenvalue weighted by Crippen LogP contribution is 2.47. The van der Waals surface area contributed by atoms with Gasteiger partial charge in [0.25, 0.3) is 0 Å². The van der Waals surface area contributed by atoms with Gasteiger partial charge in [0.1, 0.15) is 18.3 Å². The molecule has 1 aliphatic carbocycles. The van der Waals surface area contributed by atoms with E-state index in [2.05, 4.69) is 5.32 Å². The maximum Gasteiger partial charge on any atom is 0.336 e. The van der Waals surface area contributed by atoms with Crippen LogP contribution in [0.25, 0.3) is 0 Å². The SMILES string of the molecule is CCSCCOC(=O)C1=C(C)NC2=C(C(=O)[C@@H](C(=O)OC)[C@@H](C)C2)[C@@H]1c1ccccc1OC(C)C. The lowest BCUT2D eigenvalue weighted by Crippen LogP contribution is -2.43. The summed E-state index contributed by atoms with van der Waals surface area (Å²) >= 11 is 1.69. The highest BCUT2D eigenvalue weighted by atomic mass is 32.2. The number of methoxy groups -OCH3 is 1. The molecule has 0 aromatic heterocycles. The molecule has 0 fully saturated rings. The summed E-state index contributed by atoms with van der Waals surface area (Å²) < 4.78 is 16.7. The number of thioether (sulfide) groups is 1. The molecule has 0 bridgehead atoms. The first-order chi connectivity index (χ1) is 16.7. The van der Waals surface area contributed by atoms with Crippen molar-refractivity contribution in [3.8, 4) is 5.75 Å². The number of Topliss-reactive ketones (excluding diaryl/α,β-unsaturated/α-hetero) is 1. The molecule has 0 radical (unpaired) electrons. The Bertz CT molecular complexity index is 1040. The third-order valence-corrected chi connectivity index (χ3v) is 7.08. The van der Waals surface area contributed by atoms with Crippen molar-refractivity contribution in [1.29, 1.82) is 0 Å². The highest BCUT2D eigenvalue weighted by molar-refractivity contribution is 7.99. The number of carbonyl (C=O) groups excluding carboxylic acids is 3. The van der Waals surface area contributed by atoms with Gasteiger partial charge in [0.05, 0.1) is 24.7 Å². The average molecular weight is 502 g/mol. The van der Waals surface area contributed by atoms with Gasteiger partial charge < -0.3 is 19.5 Å². The molecule has 8 heteroatoms. The van der Waals surface area contributed by atoms with E-state index in [-0.39, 0.29) is 24.4 Å². The van der Waals surface area contributed by atoms with Gasteiger partial charge in [-0.2, -0.15) is 11.8 Å². The van der Waals surface area contributed by atoms with Gasteiger partial charge in [0, 0.05) is 28.3 Å². The van der Waals surface area contributed by atoms with Crippen molar-refractivity contribution in [3.63, 3.8) is 0 Å². The zero-order chi connectivity index (χ0) is 25.7. The van der Waals surface area contributed by atoms with Crippen LogP contribution >= 0.6 is 11.8 Å². The van der Waals surface area contributed by atoms with Crippen LogP contribution in [0.1, 0.15) is 52.5 Å². The third kappa shape index (κ3) is 5.74. The number of para-hydroxylation sites is 1. The number of dihydropyridines is 1. The number of esters is 2. The van der Waals surface area contributed by atoms with Gasteiger partial charge in [-0.15, -0.1) is 0 Å². The Labute approximate surface area is 211 Å². The van der Waals surface area contributed by atoms with Gasteiger partial charge >= 0.3 is 11.9 Å². The second-order valence-electron chi connectivity index (χ2n) is 9.07. The number of nitrogens with one attached hydrogen (secondary N) is 1. The molecule has 2 aliphatic rings. The van der Waals surface area contributed by atoms with Crippen molar-refractivity contribution in [2.45, 2.75) is 53.1 Å². The monoisotopic (exact) mass is 501 g/mol. The van der Waals surface area contributed by atoms with Crippen LogP contribution in [-0.4, -0.2) is 49.0 Å². The molecule has 1 heterocycles. The number of allylic oxidation sites excluding steroid dienone is 3. The summed E-state index contributed by atoms with van der Waals surface area (Å²) in [7, 11) is 1.29. The van der Waals surface area contributed by atoms with E-state index < -0.39 is 23.8 Å². The van der Waals surface area contributed by atoms with Gasteiger partial charge in [0.2, 0.25) is 0 Å². The quantitative estimate of drug-likeness (QED) is 0.303. The minimum absolute atomic E-state index is 0.109. The molecule has 0 amide bonds. The van der Waals surface area contributed by atoms with Crippen LogP contribution in [0.4, 0.5) is 0 Å². The second kappa shape index (κ2) is 11.8. The fraction of sp³-hybridized carbons (Fsp3) is 0.519. The standard InChI is InChI=1S/C27H35NO6S/c1-7-35-13-12-33-27(31)22-17(5)28-19-14-16(4)21(26(30)32-6)25(29)24(19)23(22)18-10-8-9-11-20(18)34-15(2)3/h8-11,15-16,21,23,28H,7,12-14H2,1-6H3/t16-,21-,23+/m0/s1. The maximum atomic E-state index is 13.8. The van der Waals surface area contributed by atoms with Crippen molar-refractivity contribution in [3.05, 3.63) is 52.4 Å². The van der Waals surface area contributed by atoms with Crippen LogP contribution in [0.15, 0.2) is 46.8 Å². The summed E-state index contributed by atoms with van der Waals surface area (Å²) in [5.74, 6) is -1.07. The predicted octanol–water partition coefficient (Wildman–Crippen LogP) is 4.38. The van der Waals surface area contributed by atoms with E-state index in [9.17, 15) is 14.4 Å². The van der Waals surface area contributed by atoms with E-state index >= 15 is 0 Å². The van der Waals surface area contributed by atoms with Crippen molar-refractivity contribution in [1.82, 2.24) is 5.32 Å². The Balaban J connectivity index is 2.14. The van der Waals surface area contributed by atoms with Crippen LogP contribution in [0, 0.1) is 11.8 Å². The van der Waals surface area contributed by atoms with Gasteiger partial charge in [-0.1, -0.05) is 32.0 Å². The summed E-state index contributed by atoms with van der Waals surface area (Å²) in [5.41, 5.74) is 2.81. The average Bonchev–Trinajstić information content (AvgIpc) is 2.80. The summed E-state index contributed by atoms with van der Waals surface area (Å²) in [6.45, 7) is 9.85. The smallest absolute Gasteiger partial charge is 0.336 e. The van der Waals surface area contributed by atoms with E-state index in [0.29, 0.717) is 40.3 Å². The van der Waals surface area contributed by atoms with E-state index in [1.165, 1.54) is 7.11 Å². The number of carbonyl (C=O) groups is 3. The molecule has 1 aromatic carbocycles. The lowest BCUT2D eigenvalue weighted by atomic mass is 9.69. The molecule has 1 aliphatic heterocycles. The van der Waals surface area contributed by atoms with Crippen molar-refractivity contribution >= 4 is 29.5 Å². The first-order valence-electron chi connectivity index (χ1n) is 12.0. The molecule has 7 nitrogen and oxygen atoms in total. The molecule has 3 atom stereocenters. The summed E-state index contributed by atoms with van der Waals surface area (Å²) in [6.07, 6.45) is 0.375. The molecular weight excluding hydrogens is 466 g/mol. The summed E-state index contributed by atoms with van der Waals surface area (Å²) in [5, 5.41) is 3.29. The number of benzene rings is 1. The Morgan fingerprint density at radius 2 is 1.94 bits per heavy atom. The molecule has 1 aromatic rings. The molecule has 0 saturated heterocycles. The number of rotatable bonds is 9. The molecule has 35 heavy (non-hydrogen) atoms. The van der Waals surface area contributed by atoms with Crippen molar-refractivity contribution < 1.29 is 28.6 Å². The molecule has 0 unspecified atom stereocenters. The van der Waals surface area contributed by atoms with Crippen LogP contribution in [0.2, 0.25) is 0 Å². The first kappa shape index (κ1) is 26.9. The van der Waals surface area contributed by atoms with Crippen LogP contribution in [0.3, 0.4) is 0 Å². The predicted molar refractivity (Wildman–Crippen MR) is 136 cm³/mol. The second-order valence-corrected chi connectivity index (χ2v) is 10.5.